The SMILES string of the molecule is CCOC(=O)NC1Cc2ccccc2C1.S=c1[nH]cc[nH]1. The minimum absolute atomic E-state index is 0.196. The Hall–Kier alpha value is -2.08. The van der Waals surface area contributed by atoms with Crippen LogP contribution in [0.3, 0.4) is 0 Å². The molecular weight excluding hydrogens is 286 g/mol. The number of rotatable bonds is 2. The summed E-state index contributed by atoms with van der Waals surface area (Å²) < 4.78 is 5.53. The third-order valence-electron chi connectivity index (χ3n) is 3.16. The molecule has 0 atom stereocenters. The van der Waals surface area contributed by atoms with E-state index >= 15 is 0 Å². The van der Waals surface area contributed by atoms with Gasteiger partial charge in [0.25, 0.3) is 0 Å². The number of benzene rings is 1. The number of hydrogen-bond acceptors (Lipinski definition) is 3. The molecule has 3 N–H and O–H groups in total. The number of aromatic amines is 2. The lowest BCUT2D eigenvalue weighted by Gasteiger charge is -2.11. The molecule has 1 heterocycles. The molecule has 1 amide bonds. The first-order valence-electron chi connectivity index (χ1n) is 6.91. The van der Waals surface area contributed by atoms with Crippen molar-refractivity contribution in [2.24, 2.45) is 0 Å². The third-order valence-corrected chi connectivity index (χ3v) is 3.40. The Morgan fingerprint density at radius 3 is 2.29 bits per heavy atom. The van der Waals surface area contributed by atoms with Crippen LogP contribution >= 0.6 is 12.2 Å². The lowest BCUT2D eigenvalue weighted by Crippen LogP contribution is -2.35. The Bertz CT molecular complexity index is 594. The lowest BCUT2D eigenvalue weighted by atomic mass is 10.1. The first kappa shape index (κ1) is 15.3. The summed E-state index contributed by atoms with van der Waals surface area (Å²) in [5.41, 5.74) is 2.67. The van der Waals surface area contributed by atoms with Crippen LogP contribution in [0.15, 0.2) is 36.7 Å². The molecule has 6 heteroatoms. The number of aromatic nitrogens is 2. The molecule has 1 aliphatic rings. The minimum atomic E-state index is -0.310. The van der Waals surface area contributed by atoms with E-state index in [1.165, 1.54) is 11.1 Å². The maximum absolute atomic E-state index is 11.2. The standard InChI is InChI=1S/C12H15NO2.C3H4N2S/c1-2-15-12(14)13-11-7-9-5-3-4-6-10(9)8-11;6-3-4-1-2-5-3/h3-6,11H,2,7-8H2,1H3,(H,13,14);1-2H,(H2,4,5,6). The van der Waals surface area contributed by atoms with Crippen LogP contribution in [0, 0.1) is 4.77 Å². The third kappa shape index (κ3) is 4.75. The van der Waals surface area contributed by atoms with Gasteiger partial charge in [0.05, 0.1) is 6.61 Å². The molecule has 112 valence electrons. The van der Waals surface area contributed by atoms with E-state index in [0.717, 1.165) is 12.8 Å². The Morgan fingerprint density at radius 1 is 1.29 bits per heavy atom. The first-order chi connectivity index (χ1) is 10.2. The van der Waals surface area contributed by atoms with Crippen molar-refractivity contribution in [2.75, 3.05) is 6.61 Å². The highest BCUT2D eigenvalue weighted by Gasteiger charge is 2.22. The highest BCUT2D eigenvalue weighted by atomic mass is 32.1. The quantitative estimate of drug-likeness (QED) is 0.747. The molecule has 1 aromatic carbocycles. The molecule has 0 fully saturated rings. The van der Waals surface area contributed by atoms with Crippen molar-refractivity contribution in [2.45, 2.75) is 25.8 Å². The number of amides is 1. The van der Waals surface area contributed by atoms with E-state index in [-0.39, 0.29) is 12.1 Å². The summed E-state index contributed by atoms with van der Waals surface area (Å²) in [5.74, 6) is 0. The Labute approximate surface area is 128 Å². The van der Waals surface area contributed by atoms with Crippen molar-refractivity contribution in [1.29, 1.82) is 0 Å². The van der Waals surface area contributed by atoms with E-state index in [2.05, 4.69) is 39.6 Å². The zero-order valence-electron chi connectivity index (χ0n) is 11.9. The second-order valence-corrected chi connectivity index (χ2v) is 5.10. The second kappa shape index (κ2) is 7.64. The largest absolute Gasteiger partial charge is 0.450 e. The summed E-state index contributed by atoms with van der Waals surface area (Å²) >= 11 is 4.63. The number of fused-ring (bicyclic) bond motifs is 1. The van der Waals surface area contributed by atoms with Crippen LogP contribution in [0.25, 0.3) is 0 Å². The molecule has 21 heavy (non-hydrogen) atoms. The molecule has 3 rings (SSSR count). The van der Waals surface area contributed by atoms with Crippen molar-refractivity contribution >= 4 is 18.3 Å². The monoisotopic (exact) mass is 305 g/mol. The molecule has 1 aromatic heterocycles. The normalized spacial score (nSPS) is 13.0. The van der Waals surface area contributed by atoms with Gasteiger partial charge in [0.15, 0.2) is 4.77 Å². The lowest BCUT2D eigenvalue weighted by molar-refractivity contribution is 0.148. The topological polar surface area (TPSA) is 69.9 Å². The van der Waals surface area contributed by atoms with Crippen molar-refractivity contribution in [3.63, 3.8) is 0 Å². The van der Waals surface area contributed by atoms with Crippen LogP contribution in [0.4, 0.5) is 4.79 Å². The van der Waals surface area contributed by atoms with Crippen LogP contribution < -0.4 is 5.32 Å². The van der Waals surface area contributed by atoms with E-state index in [1.54, 1.807) is 12.4 Å². The van der Waals surface area contributed by atoms with Crippen LogP contribution in [-0.2, 0) is 17.6 Å². The van der Waals surface area contributed by atoms with Gasteiger partial charge in [0, 0.05) is 18.4 Å². The van der Waals surface area contributed by atoms with Crippen molar-refractivity contribution < 1.29 is 9.53 Å². The van der Waals surface area contributed by atoms with Gasteiger partial charge in [-0.1, -0.05) is 24.3 Å². The minimum Gasteiger partial charge on any atom is -0.450 e. The molecule has 0 radical (unpaired) electrons. The van der Waals surface area contributed by atoms with E-state index in [0.29, 0.717) is 11.4 Å². The Balaban J connectivity index is 0.000000225. The number of hydrogen-bond donors (Lipinski definition) is 3. The van der Waals surface area contributed by atoms with Crippen molar-refractivity contribution in [1.82, 2.24) is 15.3 Å². The molecule has 0 saturated heterocycles. The highest BCUT2D eigenvalue weighted by Crippen LogP contribution is 2.21. The van der Waals surface area contributed by atoms with Gasteiger partial charge in [-0.15, -0.1) is 0 Å². The van der Waals surface area contributed by atoms with Crippen LogP contribution in [0.2, 0.25) is 0 Å². The number of imidazole rings is 1. The van der Waals surface area contributed by atoms with Gasteiger partial charge in [-0.3, -0.25) is 0 Å². The number of carbonyl (C=O) groups excluding carboxylic acids is 1. The summed E-state index contributed by atoms with van der Waals surface area (Å²) in [5, 5.41) is 2.87. The predicted octanol–water partition coefficient (Wildman–Crippen LogP) is 2.97. The molecular formula is C15H19N3O2S. The van der Waals surface area contributed by atoms with Gasteiger partial charge in [-0.2, -0.15) is 0 Å². The molecule has 0 aliphatic heterocycles. The summed E-state index contributed by atoms with van der Waals surface area (Å²) in [6, 6.07) is 8.49. The zero-order chi connectivity index (χ0) is 15.1. The van der Waals surface area contributed by atoms with Crippen LogP contribution in [0.5, 0.6) is 0 Å². The highest BCUT2D eigenvalue weighted by molar-refractivity contribution is 7.71. The summed E-state index contributed by atoms with van der Waals surface area (Å²) in [4.78, 5) is 16.7. The number of ether oxygens (including phenoxy) is 1. The van der Waals surface area contributed by atoms with Crippen LogP contribution in [0.1, 0.15) is 18.1 Å². The number of H-pyrrole nitrogens is 2. The smallest absolute Gasteiger partial charge is 0.407 e. The van der Waals surface area contributed by atoms with Gasteiger partial charge < -0.3 is 20.0 Å². The molecule has 0 spiro atoms. The Kier molecular flexibility index (Phi) is 5.57. The average Bonchev–Trinajstić information content (AvgIpc) is 3.07. The van der Waals surface area contributed by atoms with Crippen molar-refractivity contribution in [3.8, 4) is 0 Å². The Morgan fingerprint density at radius 2 is 1.86 bits per heavy atom. The number of carbonyl (C=O) groups is 1. The molecule has 2 aromatic rings. The number of alkyl carbamates (subject to hydrolysis) is 1. The van der Waals surface area contributed by atoms with Gasteiger partial charge in [-0.05, 0) is 43.1 Å². The molecule has 0 unspecified atom stereocenters. The van der Waals surface area contributed by atoms with Gasteiger partial charge >= 0.3 is 6.09 Å². The van der Waals surface area contributed by atoms with E-state index in [1.807, 2.05) is 19.1 Å². The fourth-order valence-corrected chi connectivity index (χ4v) is 2.41. The van der Waals surface area contributed by atoms with Gasteiger partial charge in [0.1, 0.15) is 0 Å². The van der Waals surface area contributed by atoms with Crippen LogP contribution in [-0.4, -0.2) is 28.7 Å². The summed E-state index contributed by atoms with van der Waals surface area (Å²) in [6.07, 6.45) is 5.02. The molecule has 0 bridgehead atoms. The molecule has 1 aliphatic carbocycles. The number of nitrogens with one attached hydrogen (secondary N) is 3. The average molecular weight is 305 g/mol. The first-order valence-corrected chi connectivity index (χ1v) is 7.32. The van der Waals surface area contributed by atoms with E-state index < -0.39 is 0 Å². The fraction of sp³-hybridized carbons (Fsp3) is 0.333. The van der Waals surface area contributed by atoms with Gasteiger partial charge in [0.2, 0.25) is 0 Å². The summed E-state index contributed by atoms with van der Waals surface area (Å²) in [6.45, 7) is 2.23. The van der Waals surface area contributed by atoms with E-state index in [9.17, 15) is 4.79 Å². The molecule has 5 nitrogen and oxygen atoms in total. The summed E-state index contributed by atoms with van der Waals surface area (Å²) in [7, 11) is 0. The van der Waals surface area contributed by atoms with Crippen molar-refractivity contribution in [3.05, 3.63) is 52.6 Å². The van der Waals surface area contributed by atoms with E-state index in [4.69, 9.17) is 4.74 Å². The maximum Gasteiger partial charge on any atom is 0.407 e. The predicted molar refractivity (Wildman–Crippen MR) is 83.8 cm³/mol. The zero-order valence-corrected chi connectivity index (χ0v) is 12.7. The molecule has 0 saturated carbocycles. The second-order valence-electron chi connectivity index (χ2n) is 4.69. The van der Waals surface area contributed by atoms with Gasteiger partial charge in [-0.25, -0.2) is 4.79 Å². The maximum atomic E-state index is 11.2. The fourth-order valence-electron chi connectivity index (χ4n) is 2.28.